The van der Waals surface area contributed by atoms with Crippen molar-refractivity contribution in [2.45, 2.75) is 18.9 Å². The molecule has 21 heavy (non-hydrogen) atoms. The maximum absolute atomic E-state index is 13.6. The van der Waals surface area contributed by atoms with E-state index in [0.717, 1.165) is 5.56 Å². The Balaban J connectivity index is 2.15. The van der Waals surface area contributed by atoms with E-state index in [1.807, 2.05) is 30.3 Å². The lowest BCUT2D eigenvalue weighted by Gasteiger charge is -2.19. The standard InChI is InChI=1S/C17H18FNO2/c18-15-10-5-4-9-14(15)17(21)19-16(11-6-12-20)13-7-2-1-3-8-13/h1-5,7-10,16,20H,6,11-12H2,(H,19,21). The highest BCUT2D eigenvalue weighted by molar-refractivity contribution is 5.94. The average molecular weight is 287 g/mol. The fourth-order valence-corrected chi connectivity index (χ4v) is 2.18. The molecule has 110 valence electrons. The van der Waals surface area contributed by atoms with Crippen molar-refractivity contribution in [3.05, 3.63) is 71.5 Å². The number of benzene rings is 2. The summed E-state index contributed by atoms with van der Waals surface area (Å²) in [5.74, 6) is -0.983. The van der Waals surface area contributed by atoms with E-state index >= 15 is 0 Å². The van der Waals surface area contributed by atoms with E-state index < -0.39 is 11.7 Å². The summed E-state index contributed by atoms with van der Waals surface area (Å²) in [6, 6.07) is 15.1. The Morgan fingerprint density at radius 1 is 1.10 bits per heavy atom. The second kappa shape index (κ2) is 7.55. The SMILES string of the molecule is O=C(NC(CCCO)c1ccccc1)c1ccccc1F. The summed E-state index contributed by atoms with van der Waals surface area (Å²) in [5.41, 5.74) is 0.970. The van der Waals surface area contributed by atoms with E-state index in [2.05, 4.69) is 5.32 Å². The maximum atomic E-state index is 13.6. The van der Waals surface area contributed by atoms with Gasteiger partial charge in [-0.2, -0.15) is 0 Å². The summed E-state index contributed by atoms with van der Waals surface area (Å²) in [4.78, 5) is 12.2. The third kappa shape index (κ3) is 4.13. The smallest absolute Gasteiger partial charge is 0.254 e. The van der Waals surface area contributed by atoms with Gasteiger partial charge in [0.1, 0.15) is 5.82 Å². The fourth-order valence-electron chi connectivity index (χ4n) is 2.18. The molecule has 0 saturated carbocycles. The van der Waals surface area contributed by atoms with E-state index in [9.17, 15) is 9.18 Å². The van der Waals surface area contributed by atoms with Crippen molar-refractivity contribution in [1.82, 2.24) is 5.32 Å². The molecular formula is C17H18FNO2. The van der Waals surface area contributed by atoms with Crippen molar-refractivity contribution in [3.8, 4) is 0 Å². The average Bonchev–Trinajstić information content (AvgIpc) is 2.52. The lowest BCUT2D eigenvalue weighted by Crippen LogP contribution is -2.29. The molecular weight excluding hydrogens is 269 g/mol. The largest absolute Gasteiger partial charge is 0.396 e. The van der Waals surface area contributed by atoms with Gasteiger partial charge in [-0.1, -0.05) is 42.5 Å². The molecule has 1 atom stereocenters. The third-order valence-electron chi connectivity index (χ3n) is 3.28. The first-order valence-electron chi connectivity index (χ1n) is 6.93. The second-order valence-electron chi connectivity index (χ2n) is 4.78. The number of rotatable bonds is 6. The van der Waals surface area contributed by atoms with Gasteiger partial charge in [-0.25, -0.2) is 4.39 Å². The number of nitrogens with one attached hydrogen (secondary N) is 1. The Bertz CT molecular complexity index is 586. The summed E-state index contributed by atoms with van der Waals surface area (Å²) >= 11 is 0. The molecule has 2 aromatic rings. The van der Waals surface area contributed by atoms with Gasteiger partial charge in [0.2, 0.25) is 0 Å². The number of amides is 1. The van der Waals surface area contributed by atoms with Crippen LogP contribution < -0.4 is 5.32 Å². The Labute approximate surface area is 123 Å². The topological polar surface area (TPSA) is 49.3 Å². The van der Waals surface area contributed by atoms with Crippen molar-refractivity contribution < 1.29 is 14.3 Å². The highest BCUT2D eigenvalue weighted by Gasteiger charge is 2.17. The van der Waals surface area contributed by atoms with Crippen molar-refractivity contribution in [2.75, 3.05) is 6.61 Å². The highest BCUT2D eigenvalue weighted by Crippen LogP contribution is 2.19. The number of halogens is 1. The Morgan fingerprint density at radius 2 is 1.76 bits per heavy atom. The molecule has 2 rings (SSSR count). The first kappa shape index (κ1) is 15.2. The number of aliphatic hydroxyl groups excluding tert-OH is 1. The Morgan fingerprint density at radius 3 is 2.43 bits per heavy atom. The minimum Gasteiger partial charge on any atom is -0.396 e. The van der Waals surface area contributed by atoms with Crippen LogP contribution in [0.5, 0.6) is 0 Å². The van der Waals surface area contributed by atoms with Gasteiger partial charge in [0.05, 0.1) is 11.6 Å². The van der Waals surface area contributed by atoms with E-state index in [4.69, 9.17) is 5.11 Å². The van der Waals surface area contributed by atoms with Crippen molar-refractivity contribution in [2.24, 2.45) is 0 Å². The van der Waals surface area contributed by atoms with Crippen molar-refractivity contribution in [1.29, 1.82) is 0 Å². The van der Waals surface area contributed by atoms with Gasteiger partial charge in [0.15, 0.2) is 0 Å². The monoisotopic (exact) mass is 287 g/mol. The molecule has 0 fully saturated rings. The molecule has 0 aliphatic heterocycles. The van der Waals surface area contributed by atoms with Crippen LogP contribution >= 0.6 is 0 Å². The number of aliphatic hydroxyl groups is 1. The van der Waals surface area contributed by atoms with Gasteiger partial charge in [-0.15, -0.1) is 0 Å². The van der Waals surface area contributed by atoms with E-state index in [0.29, 0.717) is 12.8 Å². The molecule has 0 saturated heterocycles. The number of carbonyl (C=O) groups excluding carboxylic acids is 1. The van der Waals surface area contributed by atoms with Crippen LogP contribution in [0.1, 0.15) is 34.8 Å². The predicted octanol–water partition coefficient (Wildman–Crippen LogP) is 3.07. The van der Waals surface area contributed by atoms with E-state index in [1.165, 1.54) is 12.1 Å². The van der Waals surface area contributed by atoms with Crippen LogP contribution in [0, 0.1) is 5.82 Å². The third-order valence-corrected chi connectivity index (χ3v) is 3.28. The molecule has 1 unspecified atom stereocenters. The molecule has 2 aromatic carbocycles. The molecule has 0 aromatic heterocycles. The minimum absolute atomic E-state index is 0.0300. The van der Waals surface area contributed by atoms with Crippen LogP contribution in [-0.4, -0.2) is 17.6 Å². The molecule has 0 bridgehead atoms. The van der Waals surface area contributed by atoms with Gasteiger partial charge in [-0.3, -0.25) is 4.79 Å². The van der Waals surface area contributed by atoms with Gasteiger partial charge in [0.25, 0.3) is 5.91 Å². The normalized spacial score (nSPS) is 11.9. The van der Waals surface area contributed by atoms with Gasteiger partial charge >= 0.3 is 0 Å². The number of carbonyl (C=O) groups is 1. The van der Waals surface area contributed by atoms with Crippen LogP contribution in [0.4, 0.5) is 4.39 Å². The van der Waals surface area contributed by atoms with Crippen LogP contribution in [-0.2, 0) is 0 Å². The Kier molecular flexibility index (Phi) is 5.46. The van der Waals surface area contributed by atoms with Crippen molar-refractivity contribution >= 4 is 5.91 Å². The predicted molar refractivity (Wildman–Crippen MR) is 79.4 cm³/mol. The quantitative estimate of drug-likeness (QED) is 0.858. The minimum atomic E-state index is -0.538. The molecule has 2 N–H and O–H groups in total. The van der Waals surface area contributed by atoms with Crippen LogP contribution in [0.25, 0.3) is 0 Å². The second-order valence-corrected chi connectivity index (χ2v) is 4.78. The first-order valence-corrected chi connectivity index (χ1v) is 6.93. The molecule has 0 aliphatic rings. The molecule has 0 radical (unpaired) electrons. The molecule has 0 aliphatic carbocycles. The molecule has 1 amide bonds. The van der Waals surface area contributed by atoms with Crippen molar-refractivity contribution in [3.63, 3.8) is 0 Å². The maximum Gasteiger partial charge on any atom is 0.254 e. The molecule has 0 spiro atoms. The summed E-state index contributed by atoms with van der Waals surface area (Å²) in [6.07, 6.45) is 1.16. The first-order chi connectivity index (χ1) is 10.2. The molecule has 4 heteroatoms. The Hall–Kier alpha value is -2.20. The highest BCUT2D eigenvalue weighted by atomic mass is 19.1. The van der Waals surface area contributed by atoms with Crippen LogP contribution in [0.2, 0.25) is 0 Å². The van der Waals surface area contributed by atoms with Gasteiger partial charge in [0, 0.05) is 6.61 Å². The summed E-state index contributed by atoms with van der Waals surface area (Å²) in [5, 5.41) is 11.8. The fraction of sp³-hybridized carbons (Fsp3) is 0.235. The zero-order valence-electron chi connectivity index (χ0n) is 11.6. The molecule has 0 heterocycles. The lowest BCUT2D eigenvalue weighted by atomic mass is 10.0. The number of hydrogen-bond donors (Lipinski definition) is 2. The zero-order chi connectivity index (χ0) is 15.1. The number of hydrogen-bond acceptors (Lipinski definition) is 2. The van der Waals surface area contributed by atoms with E-state index in [-0.39, 0.29) is 18.2 Å². The van der Waals surface area contributed by atoms with Gasteiger partial charge < -0.3 is 10.4 Å². The summed E-state index contributed by atoms with van der Waals surface area (Å²) in [7, 11) is 0. The lowest BCUT2D eigenvalue weighted by molar-refractivity contribution is 0.0928. The zero-order valence-corrected chi connectivity index (χ0v) is 11.6. The summed E-state index contributed by atoms with van der Waals surface area (Å²) < 4.78 is 13.6. The molecule has 3 nitrogen and oxygen atoms in total. The van der Waals surface area contributed by atoms with E-state index in [1.54, 1.807) is 12.1 Å². The van der Waals surface area contributed by atoms with Gasteiger partial charge in [-0.05, 0) is 30.5 Å². The van der Waals surface area contributed by atoms with Crippen LogP contribution in [0.15, 0.2) is 54.6 Å². The van der Waals surface area contributed by atoms with Crippen LogP contribution in [0.3, 0.4) is 0 Å². The summed E-state index contributed by atoms with van der Waals surface area (Å²) in [6.45, 7) is 0.0545.